The van der Waals surface area contributed by atoms with Gasteiger partial charge in [0.15, 0.2) is 0 Å². The number of carbonyl (C=O) groups is 1. The average molecular weight is 433 g/mol. The third kappa shape index (κ3) is 4.11. The molecule has 1 aliphatic rings. The first-order chi connectivity index (χ1) is 14.0. The molecule has 1 N–H and O–H groups in total. The monoisotopic (exact) mass is 432 g/mol. The van der Waals surface area contributed by atoms with Crippen LogP contribution in [0.2, 0.25) is 0 Å². The lowest BCUT2D eigenvalue weighted by Crippen LogP contribution is -2.50. The van der Waals surface area contributed by atoms with Gasteiger partial charge in [-0.05, 0) is 38.1 Å². The standard InChI is InChI=1S/C21H25FN6O.ClH/c1-14-18(15(2)28(25-14)17-6-4-16(22)5-7-17)12-20(29)27-11-8-23-13-19(27)21-24-9-10-26(21)3;/h4-7,9-10,19,23H,8,11-13H2,1-3H3;1H. The van der Waals surface area contributed by atoms with Crippen molar-refractivity contribution >= 4 is 18.3 Å². The van der Waals surface area contributed by atoms with Crippen LogP contribution in [0.25, 0.3) is 5.69 Å². The van der Waals surface area contributed by atoms with Crippen molar-refractivity contribution < 1.29 is 9.18 Å². The van der Waals surface area contributed by atoms with Crippen LogP contribution >= 0.6 is 12.4 Å². The Bertz CT molecular complexity index is 1030. The van der Waals surface area contributed by atoms with E-state index < -0.39 is 0 Å². The Hall–Kier alpha value is -2.71. The Morgan fingerprint density at radius 3 is 2.67 bits per heavy atom. The fourth-order valence-corrected chi connectivity index (χ4v) is 3.95. The zero-order valence-corrected chi connectivity index (χ0v) is 18.1. The number of hydrogen-bond acceptors (Lipinski definition) is 4. The third-order valence-corrected chi connectivity index (χ3v) is 5.56. The lowest BCUT2D eigenvalue weighted by atomic mass is 10.1. The van der Waals surface area contributed by atoms with Crippen LogP contribution in [-0.4, -0.2) is 49.8 Å². The summed E-state index contributed by atoms with van der Waals surface area (Å²) in [6.07, 6.45) is 3.93. The summed E-state index contributed by atoms with van der Waals surface area (Å²) in [5.41, 5.74) is 3.39. The van der Waals surface area contributed by atoms with Crippen molar-refractivity contribution in [2.24, 2.45) is 7.05 Å². The molecule has 1 saturated heterocycles. The van der Waals surface area contributed by atoms with Gasteiger partial charge in [-0.2, -0.15) is 5.10 Å². The molecule has 0 aliphatic carbocycles. The zero-order valence-electron chi connectivity index (χ0n) is 17.3. The van der Waals surface area contributed by atoms with Gasteiger partial charge in [-0.25, -0.2) is 14.1 Å². The molecule has 4 rings (SSSR count). The molecule has 1 fully saturated rings. The van der Waals surface area contributed by atoms with Gasteiger partial charge in [0.1, 0.15) is 17.7 Å². The van der Waals surface area contributed by atoms with E-state index in [-0.39, 0.29) is 36.6 Å². The van der Waals surface area contributed by atoms with Crippen molar-refractivity contribution in [2.75, 3.05) is 19.6 Å². The number of piperazine rings is 1. The number of amides is 1. The maximum Gasteiger partial charge on any atom is 0.227 e. The van der Waals surface area contributed by atoms with Gasteiger partial charge >= 0.3 is 0 Å². The molecular weight excluding hydrogens is 407 g/mol. The van der Waals surface area contributed by atoms with Crippen molar-refractivity contribution in [3.63, 3.8) is 0 Å². The number of carbonyl (C=O) groups excluding carboxylic acids is 1. The Morgan fingerprint density at radius 2 is 2.00 bits per heavy atom. The molecular formula is C21H26ClFN6O. The number of halogens is 2. The molecule has 1 aromatic carbocycles. The molecule has 0 saturated carbocycles. The van der Waals surface area contributed by atoms with E-state index in [9.17, 15) is 9.18 Å². The lowest BCUT2D eigenvalue weighted by molar-refractivity contribution is -0.134. The van der Waals surface area contributed by atoms with Gasteiger partial charge in [0.2, 0.25) is 5.91 Å². The highest BCUT2D eigenvalue weighted by atomic mass is 35.5. The van der Waals surface area contributed by atoms with Crippen molar-refractivity contribution in [2.45, 2.75) is 26.3 Å². The molecule has 1 aliphatic heterocycles. The van der Waals surface area contributed by atoms with Gasteiger partial charge in [0.05, 0.1) is 17.8 Å². The minimum Gasteiger partial charge on any atom is -0.336 e. The van der Waals surface area contributed by atoms with Gasteiger partial charge in [-0.1, -0.05) is 0 Å². The summed E-state index contributed by atoms with van der Waals surface area (Å²) in [6.45, 7) is 5.94. The maximum absolute atomic E-state index is 13.3. The lowest BCUT2D eigenvalue weighted by Gasteiger charge is -2.36. The van der Waals surface area contributed by atoms with Crippen molar-refractivity contribution in [3.05, 3.63) is 65.3 Å². The molecule has 3 heterocycles. The SMILES string of the molecule is Cc1nn(-c2ccc(F)cc2)c(C)c1CC(=O)N1CCNCC1c1nccn1C.Cl. The van der Waals surface area contributed by atoms with Crippen LogP contribution in [-0.2, 0) is 18.3 Å². The minimum absolute atomic E-state index is 0. The van der Waals surface area contributed by atoms with Crippen LogP contribution in [0.5, 0.6) is 0 Å². The molecule has 7 nitrogen and oxygen atoms in total. The first kappa shape index (κ1) is 22.0. The Kier molecular flexibility index (Phi) is 6.58. The topological polar surface area (TPSA) is 68.0 Å². The number of nitrogens with zero attached hydrogens (tertiary/aromatic N) is 5. The minimum atomic E-state index is -0.287. The van der Waals surface area contributed by atoms with Gasteiger partial charge in [0, 0.05) is 50.3 Å². The summed E-state index contributed by atoms with van der Waals surface area (Å²) in [5.74, 6) is 0.648. The van der Waals surface area contributed by atoms with Gasteiger partial charge in [-0.3, -0.25) is 4.79 Å². The second kappa shape index (κ2) is 8.97. The molecule has 0 radical (unpaired) electrons. The molecule has 30 heavy (non-hydrogen) atoms. The van der Waals surface area contributed by atoms with Gasteiger partial charge < -0.3 is 14.8 Å². The van der Waals surface area contributed by atoms with E-state index in [2.05, 4.69) is 15.4 Å². The fraction of sp³-hybridized carbons (Fsp3) is 0.381. The van der Waals surface area contributed by atoms with Crippen molar-refractivity contribution in [3.8, 4) is 5.69 Å². The van der Waals surface area contributed by atoms with Crippen molar-refractivity contribution in [1.29, 1.82) is 0 Å². The van der Waals surface area contributed by atoms with Crippen LogP contribution < -0.4 is 5.32 Å². The zero-order chi connectivity index (χ0) is 20.5. The predicted octanol–water partition coefficient (Wildman–Crippen LogP) is 2.50. The van der Waals surface area contributed by atoms with Gasteiger partial charge in [0.25, 0.3) is 0 Å². The van der Waals surface area contributed by atoms with E-state index in [1.54, 1.807) is 23.0 Å². The molecule has 2 aromatic heterocycles. The number of imidazole rings is 1. The molecule has 0 spiro atoms. The Labute approximate surface area is 181 Å². The van der Waals surface area contributed by atoms with E-state index in [1.165, 1.54) is 12.1 Å². The van der Waals surface area contributed by atoms with E-state index in [1.807, 2.05) is 36.6 Å². The Morgan fingerprint density at radius 1 is 1.27 bits per heavy atom. The average Bonchev–Trinajstić information content (AvgIpc) is 3.26. The summed E-state index contributed by atoms with van der Waals surface area (Å²) in [5, 5.41) is 7.94. The third-order valence-electron chi connectivity index (χ3n) is 5.56. The second-order valence-electron chi connectivity index (χ2n) is 7.42. The molecule has 1 amide bonds. The van der Waals surface area contributed by atoms with Gasteiger partial charge in [-0.15, -0.1) is 12.4 Å². The summed E-state index contributed by atoms with van der Waals surface area (Å²) in [4.78, 5) is 19.6. The van der Waals surface area contributed by atoms with Crippen LogP contribution in [0, 0.1) is 19.7 Å². The fourth-order valence-electron chi connectivity index (χ4n) is 3.95. The second-order valence-corrected chi connectivity index (χ2v) is 7.42. The largest absolute Gasteiger partial charge is 0.336 e. The number of aryl methyl sites for hydroxylation is 2. The van der Waals surface area contributed by atoms with E-state index >= 15 is 0 Å². The first-order valence-electron chi connectivity index (χ1n) is 9.74. The van der Waals surface area contributed by atoms with E-state index in [4.69, 9.17) is 0 Å². The highest BCUT2D eigenvalue weighted by Gasteiger charge is 2.31. The van der Waals surface area contributed by atoms with Crippen LogP contribution in [0.1, 0.15) is 28.8 Å². The smallest absolute Gasteiger partial charge is 0.227 e. The highest BCUT2D eigenvalue weighted by molar-refractivity contribution is 5.85. The number of benzene rings is 1. The highest BCUT2D eigenvalue weighted by Crippen LogP contribution is 2.24. The quantitative estimate of drug-likeness (QED) is 0.687. The maximum atomic E-state index is 13.3. The number of hydrogen-bond donors (Lipinski definition) is 1. The molecule has 9 heteroatoms. The predicted molar refractivity (Wildman–Crippen MR) is 114 cm³/mol. The number of rotatable bonds is 4. The van der Waals surface area contributed by atoms with E-state index in [0.717, 1.165) is 35.0 Å². The van der Waals surface area contributed by atoms with Crippen LogP contribution in [0.15, 0.2) is 36.7 Å². The van der Waals surface area contributed by atoms with Crippen molar-refractivity contribution in [1.82, 2.24) is 29.5 Å². The van der Waals surface area contributed by atoms with E-state index in [0.29, 0.717) is 13.1 Å². The number of aromatic nitrogens is 4. The summed E-state index contributed by atoms with van der Waals surface area (Å²) >= 11 is 0. The van der Waals surface area contributed by atoms with Crippen LogP contribution in [0.4, 0.5) is 4.39 Å². The summed E-state index contributed by atoms with van der Waals surface area (Å²) in [6, 6.07) is 6.11. The summed E-state index contributed by atoms with van der Waals surface area (Å²) < 4.78 is 17.0. The number of nitrogens with one attached hydrogen (secondary N) is 1. The Balaban J connectivity index is 0.00000256. The van der Waals surface area contributed by atoms with Crippen LogP contribution in [0.3, 0.4) is 0 Å². The molecule has 0 bridgehead atoms. The molecule has 1 unspecified atom stereocenters. The first-order valence-corrected chi connectivity index (χ1v) is 9.74. The summed E-state index contributed by atoms with van der Waals surface area (Å²) in [7, 11) is 1.95. The normalized spacial score (nSPS) is 16.4. The molecule has 160 valence electrons. The molecule has 1 atom stereocenters. The molecule has 3 aromatic rings.